The first-order valence-electron chi connectivity index (χ1n) is 5.89. The minimum atomic E-state index is -4.85. The lowest BCUT2D eigenvalue weighted by Gasteiger charge is -2.36. The number of carbonyl (C=O) groups is 2. The number of cyclic esters (lactones) is 2. The third-order valence-corrected chi connectivity index (χ3v) is 2.71. The Bertz CT molecular complexity index is 342. The van der Waals surface area contributed by atoms with E-state index in [2.05, 4.69) is 14.2 Å². The second-order valence-electron chi connectivity index (χ2n) is 4.19. The molecule has 0 saturated carbocycles. The summed E-state index contributed by atoms with van der Waals surface area (Å²) in [7, 11) is 0. The highest BCUT2D eigenvalue weighted by atomic mass is 19.4. The van der Waals surface area contributed by atoms with Crippen molar-refractivity contribution in [3.63, 3.8) is 0 Å². The molecule has 110 valence electrons. The van der Waals surface area contributed by atoms with Crippen LogP contribution in [-0.4, -0.2) is 37.1 Å². The Kier molecular flexibility index (Phi) is 5.02. The van der Waals surface area contributed by atoms with Gasteiger partial charge in [0.15, 0.2) is 0 Å². The maximum Gasteiger partial charge on any atom is 0.509 e. The molecule has 8 heteroatoms. The van der Waals surface area contributed by atoms with Gasteiger partial charge in [-0.1, -0.05) is 13.3 Å². The van der Waals surface area contributed by atoms with Gasteiger partial charge in [0.1, 0.15) is 0 Å². The van der Waals surface area contributed by atoms with E-state index < -0.39 is 43.4 Å². The summed E-state index contributed by atoms with van der Waals surface area (Å²) in [5, 5.41) is 0. The number of unbranched alkanes of at least 4 members (excludes halogenated alkanes) is 1. The SMILES string of the molecule is CCCCOC(=O)CC1(C(F)(F)F)CCOC(=O)O1. The van der Waals surface area contributed by atoms with Crippen LogP contribution in [0.3, 0.4) is 0 Å². The summed E-state index contributed by atoms with van der Waals surface area (Å²) in [6, 6.07) is 0. The molecule has 0 radical (unpaired) electrons. The van der Waals surface area contributed by atoms with Gasteiger partial charge in [-0.2, -0.15) is 13.2 Å². The van der Waals surface area contributed by atoms with Gasteiger partial charge >= 0.3 is 18.3 Å². The van der Waals surface area contributed by atoms with E-state index in [1.54, 1.807) is 0 Å². The Hall–Kier alpha value is -1.47. The number of hydrogen-bond acceptors (Lipinski definition) is 5. The van der Waals surface area contributed by atoms with Crippen molar-refractivity contribution >= 4 is 12.1 Å². The molecule has 1 atom stereocenters. The molecular weight excluding hydrogens is 269 g/mol. The van der Waals surface area contributed by atoms with Crippen molar-refractivity contribution in [2.24, 2.45) is 0 Å². The summed E-state index contributed by atoms with van der Waals surface area (Å²) in [4.78, 5) is 22.3. The number of ether oxygens (including phenoxy) is 3. The van der Waals surface area contributed by atoms with Crippen molar-refractivity contribution in [1.82, 2.24) is 0 Å². The van der Waals surface area contributed by atoms with Gasteiger partial charge in [-0.3, -0.25) is 4.79 Å². The number of rotatable bonds is 5. The van der Waals surface area contributed by atoms with Gasteiger partial charge in [0.05, 0.1) is 19.6 Å². The van der Waals surface area contributed by atoms with Crippen LogP contribution in [0.15, 0.2) is 0 Å². The summed E-state index contributed by atoms with van der Waals surface area (Å²) in [5.74, 6) is -1.04. The molecule has 1 saturated heterocycles. The molecule has 0 N–H and O–H groups in total. The van der Waals surface area contributed by atoms with E-state index >= 15 is 0 Å². The van der Waals surface area contributed by atoms with Crippen molar-refractivity contribution in [1.29, 1.82) is 0 Å². The Morgan fingerprint density at radius 1 is 1.47 bits per heavy atom. The van der Waals surface area contributed by atoms with Crippen LogP contribution < -0.4 is 0 Å². The van der Waals surface area contributed by atoms with Gasteiger partial charge < -0.3 is 14.2 Å². The number of hydrogen-bond donors (Lipinski definition) is 0. The Morgan fingerprint density at radius 3 is 2.68 bits per heavy atom. The van der Waals surface area contributed by atoms with Crippen molar-refractivity contribution in [2.45, 2.75) is 44.4 Å². The molecule has 0 aromatic carbocycles. The fourth-order valence-electron chi connectivity index (χ4n) is 1.58. The van der Waals surface area contributed by atoms with E-state index in [-0.39, 0.29) is 6.61 Å². The number of halogens is 3. The molecule has 5 nitrogen and oxygen atoms in total. The van der Waals surface area contributed by atoms with Crippen LogP contribution in [-0.2, 0) is 19.0 Å². The minimum absolute atomic E-state index is 0.0493. The average Bonchev–Trinajstić information content (AvgIpc) is 2.27. The fraction of sp³-hybridized carbons (Fsp3) is 0.818. The molecule has 1 unspecified atom stereocenters. The van der Waals surface area contributed by atoms with Crippen molar-refractivity contribution in [3.8, 4) is 0 Å². The van der Waals surface area contributed by atoms with Crippen LogP contribution in [0.4, 0.5) is 18.0 Å². The molecular formula is C11H15F3O5. The van der Waals surface area contributed by atoms with Gasteiger partial charge in [-0.05, 0) is 6.42 Å². The predicted molar refractivity (Wildman–Crippen MR) is 56.3 cm³/mol. The molecule has 1 heterocycles. The van der Waals surface area contributed by atoms with E-state index in [1.165, 1.54) is 0 Å². The van der Waals surface area contributed by atoms with Crippen molar-refractivity contribution in [3.05, 3.63) is 0 Å². The maximum atomic E-state index is 13.0. The molecule has 1 aliphatic rings. The van der Waals surface area contributed by atoms with Crippen molar-refractivity contribution in [2.75, 3.05) is 13.2 Å². The van der Waals surface area contributed by atoms with E-state index in [1.807, 2.05) is 6.92 Å². The summed E-state index contributed by atoms with van der Waals surface area (Å²) in [6.07, 6.45) is -6.63. The maximum absolute atomic E-state index is 13.0. The number of carbonyl (C=O) groups excluding carboxylic acids is 2. The van der Waals surface area contributed by atoms with Crippen LogP contribution >= 0.6 is 0 Å². The van der Waals surface area contributed by atoms with Gasteiger partial charge in [0.25, 0.3) is 0 Å². The lowest BCUT2D eigenvalue weighted by Crippen LogP contribution is -2.54. The quantitative estimate of drug-likeness (QED) is 0.573. The zero-order valence-corrected chi connectivity index (χ0v) is 10.4. The van der Waals surface area contributed by atoms with Crippen molar-refractivity contribution < 1.29 is 37.0 Å². The highest BCUT2D eigenvalue weighted by Crippen LogP contribution is 2.41. The second kappa shape index (κ2) is 6.12. The monoisotopic (exact) mass is 284 g/mol. The highest BCUT2D eigenvalue weighted by Gasteiger charge is 2.61. The van der Waals surface area contributed by atoms with Gasteiger partial charge in [0.2, 0.25) is 5.60 Å². The first kappa shape index (κ1) is 15.6. The largest absolute Gasteiger partial charge is 0.509 e. The lowest BCUT2D eigenvalue weighted by molar-refractivity contribution is -0.281. The Balaban J connectivity index is 2.70. The molecule has 1 rings (SSSR count). The molecule has 1 aliphatic heterocycles. The summed E-state index contributed by atoms with van der Waals surface area (Å²) in [5.41, 5.74) is -2.84. The van der Waals surface area contributed by atoms with Crippen LogP contribution in [0.5, 0.6) is 0 Å². The molecule has 0 aromatic rings. The fourth-order valence-corrected chi connectivity index (χ4v) is 1.58. The molecule has 1 fully saturated rings. The first-order chi connectivity index (χ1) is 8.81. The van der Waals surface area contributed by atoms with Crippen LogP contribution in [0, 0.1) is 0 Å². The van der Waals surface area contributed by atoms with E-state index in [4.69, 9.17) is 0 Å². The first-order valence-corrected chi connectivity index (χ1v) is 5.89. The van der Waals surface area contributed by atoms with Gasteiger partial charge in [0, 0.05) is 6.42 Å². The normalized spacial score (nSPS) is 23.5. The molecule has 0 bridgehead atoms. The third kappa shape index (κ3) is 4.00. The average molecular weight is 284 g/mol. The minimum Gasteiger partial charge on any atom is -0.466 e. The van der Waals surface area contributed by atoms with Crippen LogP contribution in [0.1, 0.15) is 32.6 Å². The standard InChI is InChI=1S/C11H15F3O5/c1-2-3-5-17-8(15)7-10(11(12,13)14)4-6-18-9(16)19-10/h2-7H2,1H3. The van der Waals surface area contributed by atoms with Crippen LogP contribution in [0.2, 0.25) is 0 Å². The van der Waals surface area contributed by atoms with E-state index in [0.29, 0.717) is 6.42 Å². The topological polar surface area (TPSA) is 61.8 Å². The van der Waals surface area contributed by atoms with E-state index in [0.717, 1.165) is 6.42 Å². The zero-order chi connectivity index (χ0) is 14.5. The molecule has 0 aliphatic carbocycles. The molecule has 0 aromatic heterocycles. The van der Waals surface area contributed by atoms with E-state index in [9.17, 15) is 22.8 Å². The second-order valence-corrected chi connectivity index (χ2v) is 4.19. The van der Waals surface area contributed by atoms with Crippen LogP contribution in [0.25, 0.3) is 0 Å². The highest BCUT2D eigenvalue weighted by molar-refractivity contribution is 5.72. The van der Waals surface area contributed by atoms with Gasteiger partial charge in [-0.15, -0.1) is 0 Å². The lowest BCUT2D eigenvalue weighted by atomic mass is 9.94. The Labute approximate surface area is 108 Å². The smallest absolute Gasteiger partial charge is 0.466 e. The zero-order valence-electron chi connectivity index (χ0n) is 10.4. The molecule has 0 amide bonds. The predicted octanol–water partition coefficient (Wildman–Crippen LogP) is 2.58. The molecule has 19 heavy (non-hydrogen) atoms. The Morgan fingerprint density at radius 2 is 2.16 bits per heavy atom. The summed E-state index contributed by atoms with van der Waals surface area (Å²) < 4.78 is 52.1. The van der Waals surface area contributed by atoms with Gasteiger partial charge in [-0.25, -0.2) is 4.79 Å². The molecule has 0 spiro atoms. The third-order valence-electron chi connectivity index (χ3n) is 2.71. The number of esters is 1. The summed E-state index contributed by atoms with van der Waals surface area (Å²) >= 11 is 0. The number of alkyl halides is 3. The summed E-state index contributed by atoms with van der Waals surface area (Å²) in [6.45, 7) is 1.46.